The van der Waals surface area contributed by atoms with Crippen molar-refractivity contribution < 1.29 is 9.53 Å². The van der Waals surface area contributed by atoms with Gasteiger partial charge in [-0.05, 0) is 75.2 Å². The zero-order chi connectivity index (χ0) is 19.6. The van der Waals surface area contributed by atoms with Gasteiger partial charge in [0.2, 0.25) is 0 Å². The van der Waals surface area contributed by atoms with Gasteiger partial charge in [0.15, 0.2) is 0 Å². The molecular formula is C23H32ClN3O2. The lowest BCUT2D eigenvalue weighted by Gasteiger charge is -2.31. The largest absolute Gasteiger partial charge is 0.494 e. The van der Waals surface area contributed by atoms with E-state index in [1.165, 1.54) is 0 Å². The third kappa shape index (κ3) is 7.02. The molecule has 1 fully saturated rings. The van der Waals surface area contributed by atoms with Gasteiger partial charge in [0, 0.05) is 17.8 Å². The molecule has 0 spiro atoms. The van der Waals surface area contributed by atoms with E-state index in [4.69, 9.17) is 4.74 Å². The van der Waals surface area contributed by atoms with Crippen LogP contribution in [0, 0.1) is 0 Å². The summed E-state index contributed by atoms with van der Waals surface area (Å²) in [5.41, 5.74) is 1.63. The van der Waals surface area contributed by atoms with Crippen LogP contribution in [-0.2, 0) is 6.54 Å². The monoisotopic (exact) mass is 417 g/mol. The Morgan fingerprint density at radius 2 is 2.00 bits per heavy atom. The van der Waals surface area contributed by atoms with Gasteiger partial charge in [-0.25, -0.2) is 0 Å². The number of unbranched alkanes of at least 4 members (excludes halogenated alkanes) is 1. The number of nitrogens with one attached hydrogen (secondary N) is 1. The van der Waals surface area contributed by atoms with E-state index in [-0.39, 0.29) is 24.4 Å². The summed E-state index contributed by atoms with van der Waals surface area (Å²) in [5.74, 6) is 0.887. The van der Waals surface area contributed by atoms with Crippen molar-refractivity contribution in [2.24, 2.45) is 0 Å². The SMILES string of the molecule is CCCCOc1ccc(C(=O)N(Cc2ccccn2)C2CCCNCC2)cc1.Cl. The summed E-state index contributed by atoms with van der Waals surface area (Å²) < 4.78 is 5.73. The molecule has 1 aliphatic rings. The highest BCUT2D eigenvalue weighted by Gasteiger charge is 2.26. The number of nitrogens with zero attached hydrogens (tertiary/aromatic N) is 2. The van der Waals surface area contributed by atoms with Crippen molar-refractivity contribution in [3.8, 4) is 5.75 Å². The summed E-state index contributed by atoms with van der Waals surface area (Å²) in [7, 11) is 0. The Balaban J connectivity index is 0.00000300. The number of carbonyl (C=O) groups is 1. The fraction of sp³-hybridized carbons (Fsp3) is 0.478. The van der Waals surface area contributed by atoms with Gasteiger partial charge >= 0.3 is 0 Å². The Morgan fingerprint density at radius 3 is 2.72 bits per heavy atom. The Morgan fingerprint density at radius 1 is 1.17 bits per heavy atom. The van der Waals surface area contributed by atoms with Crippen LogP contribution in [0.25, 0.3) is 0 Å². The highest BCUT2D eigenvalue weighted by Crippen LogP contribution is 2.21. The van der Waals surface area contributed by atoms with Crippen LogP contribution in [0.15, 0.2) is 48.7 Å². The molecule has 1 unspecified atom stereocenters. The Hall–Kier alpha value is -2.11. The van der Waals surface area contributed by atoms with Crippen LogP contribution in [0.5, 0.6) is 5.75 Å². The van der Waals surface area contributed by atoms with Crippen LogP contribution in [0.2, 0.25) is 0 Å². The van der Waals surface area contributed by atoms with Crippen LogP contribution in [0.4, 0.5) is 0 Å². The summed E-state index contributed by atoms with van der Waals surface area (Å²) in [6.45, 7) is 5.36. The summed E-state index contributed by atoms with van der Waals surface area (Å²) in [4.78, 5) is 19.8. The summed E-state index contributed by atoms with van der Waals surface area (Å²) in [5, 5.41) is 3.44. The second-order valence-electron chi connectivity index (χ2n) is 7.32. The van der Waals surface area contributed by atoms with Gasteiger partial charge in [-0.2, -0.15) is 0 Å². The quantitative estimate of drug-likeness (QED) is 0.644. The van der Waals surface area contributed by atoms with Gasteiger partial charge in [0.25, 0.3) is 5.91 Å². The standard InChI is InChI=1S/C23H31N3O2.ClH/c1-2-3-17-28-22-11-9-19(10-12-22)23(27)26(18-20-7-4-5-15-25-20)21-8-6-14-24-16-13-21;/h4-5,7,9-12,15,21,24H,2-3,6,8,13-14,16-18H2,1H3;1H. The number of ether oxygens (including phenoxy) is 1. The van der Waals surface area contributed by atoms with E-state index in [2.05, 4.69) is 17.2 Å². The van der Waals surface area contributed by atoms with Crippen LogP contribution >= 0.6 is 12.4 Å². The summed E-state index contributed by atoms with van der Waals surface area (Å²) in [6.07, 6.45) is 7.00. The highest BCUT2D eigenvalue weighted by atomic mass is 35.5. The number of carbonyl (C=O) groups excluding carboxylic acids is 1. The lowest BCUT2D eigenvalue weighted by Crippen LogP contribution is -2.40. The lowest BCUT2D eigenvalue weighted by atomic mass is 10.0. The first kappa shape index (κ1) is 23.2. The maximum absolute atomic E-state index is 13.4. The number of halogens is 1. The number of benzene rings is 1. The number of hydrogen-bond donors (Lipinski definition) is 1. The second-order valence-corrected chi connectivity index (χ2v) is 7.32. The first-order valence-electron chi connectivity index (χ1n) is 10.4. The average Bonchev–Trinajstić information content (AvgIpc) is 3.02. The molecule has 0 radical (unpaired) electrons. The summed E-state index contributed by atoms with van der Waals surface area (Å²) >= 11 is 0. The number of hydrogen-bond acceptors (Lipinski definition) is 4. The predicted octanol–water partition coefficient (Wildman–Crippen LogP) is 4.47. The molecule has 158 valence electrons. The molecule has 1 aromatic carbocycles. The molecule has 1 N–H and O–H groups in total. The van der Waals surface area contributed by atoms with Crippen molar-refractivity contribution in [2.45, 2.75) is 51.6 Å². The first-order chi connectivity index (χ1) is 13.8. The second kappa shape index (κ2) is 12.5. The zero-order valence-corrected chi connectivity index (χ0v) is 18.0. The number of rotatable bonds is 8. The molecule has 1 saturated heterocycles. The van der Waals surface area contributed by atoms with Gasteiger partial charge in [-0.3, -0.25) is 9.78 Å². The molecule has 1 aromatic heterocycles. The van der Waals surface area contributed by atoms with Gasteiger partial charge in [0.1, 0.15) is 5.75 Å². The molecule has 2 aromatic rings. The average molecular weight is 418 g/mol. The molecule has 1 aliphatic heterocycles. The molecule has 0 saturated carbocycles. The molecule has 6 heteroatoms. The Bertz CT molecular complexity index is 717. The van der Waals surface area contributed by atoms with Crippen molar-refractivity contribution in [1.82, 2.24) is 15.2 Å². The molecular weight excluding hydrogens is 386 g/mol. The third-order valence-electron chi connectivity index (χ3n) is 5.17. The Kier molecular flexibility index (Phi) is 9.95. The maximum Gasteiger partial charge on any atom is 0.254 e. The van der Waals surface area contributed by atoms with Crippen molar-refractivity contribution in [2.75, 3.05) is 19.7 Å². The smallest absolute Gasteiger partial charge is 0.254 e. The van der Waals surface area contributed by atoms with Gasteiger partial charge in [-0.15, -0.1) is 12.4 Å². The van der Waals surface area contributed by atoms with Crippen molar-refractivity contribution in [3.05, 3.63) is 59.9 Å². The number of pyridine rings is 1. The molecule has 3 rings (SSSR count). The van der Waals surface area contributed by atoms with E-state index in [0.29, 0.717) is 18.7 Å². The van der Waals surface area contributed by atoms with E-state index >= 15 is 0 Å². The van der Waals surface area contributed by atoms with Crippen molar-refractivity contribution in [3.63, 3.8) is 0 Å². The van der Waals surface area contributed by atoms with E-state index in [0.717, 1.165) is 56.6 Å². The minimum atomic E-state index is 0. The molecule has 1 atom stereocenters. The highest BCUT2D eigenvalue weighted by molar-refractivity contribution is 5.94. The maximum atomic E-state index is 13.4. The topological polar surface area (TPSA) is 54.5 Å². The molecule has 5 nitrogen and oxygen atoms in total. The normalized spacial score (nSPS) is 16.4. The van der Waals surface area contributed by atoms with E-state index in [1.807, 2.05) is 47.4 Å². The molecule has 29 heavy (non-hydrogen) atoms. The minimum Gasteiger partial charge on any atom is -0.494 e. The fourth-order valence-corrected chi connectivity index (χ4v) is 3.54. The van der Waals surface area contributed by atoms with Crippen LogP contribution in [0.3, 0.4) is 0 Å². The fourth-order valence-electron chi connectivity index (χ4n) is 3.54. The Labute approximate surface area is 180 Å². The van der Waals surface area contributed by atoms with E-state index in [9.17, 15) is 4.79 Å². The molecule has 0 aliphatic carbocycles. The van der Waals surface area contributed by atoms with Crippen molar-refractivity contribution >= 4 is 18.3 Å². The van der Waals surface area contributed by atoms with Gasteiger partial charge < -0.3 is 15.0 Å². The molecule has 2 heterocycles. The lowest BCUT2D eigenvalue weighted by molar-refractivity contribution is 0.0642. The van der Waals surface area contributed by atoms with E-state index < -0.39 is 0 Å². The molecule has 0 bridgehead atoms. The van der Waals surface area contributed by atoms with Gasteiger partial charge in [0.05, 0.1) is 18.8 Å². The van der Waals surface area contributed by atoms with Crippen molar-refractivity contribution in [1.29, 1.82) is 0 Å². The van der Waals surface area contributed by atoms with Crippen LogP contribution < -0.4 is 10.1 Å². The first-order valence-corrected chi connectivity index (χ1v) is 10.4. The number of amides is 1. The van der Waals surface area contributed by atoms with Crippen LogP contribution in [0.1, 0.15) is 55.1 Å². The third-order valence-corrected chi connectivity index (χ3v) is 5.17. The van der Waals surface area contributed by atoms with E-state index in [1.54, 1.807) is 6.20 Å². The zero-order valence-electron chi connectivity index (χ0n) is 17.2. The van der Waals surface area contributed by atoms with Gasteiger partial charge in [-0.1, -0.05) is 19.4 Å². The molecule has 1 amide bonds. The minimum absolute atomic E-state index is 0. The number of aromatic nitrogens is 1. The van der Waals surface area contributed by atoms with Crippen LogP contribution in [-0.4, -0.2) is 41.5 Å². The summed E-state index contributed by atoms with van der Waals surface area (Å²) in [6, 6.07) is 13.6. The predicted molar refractivity (Wildman–Crippen MR) is 119 cm³/mol.